The van der Waals surface area contributed by atoms with Crippen LogP contribution >= 0.6 is 11.3 Å². The van der Waals surface area contributed by atoms with E-state index in [0.29, 0.717) is 0 Å². The van der Waals surface area contributed by atoms with Crippen LogP contribution < -0.4 is 0 Å². The lowest BCUT2D eigenvalue weighted by molar-refractivity contribution is 1.26. The van der Waals surface area contributed by atoms with Crippen LogP contribution in [0.25, 0.3) is 20.2 Å². The molecule has 3 rings (SSSR count). The molecular formula is C19H22S. The van der Waals surface area contributed by atoms with E-state index < -0.39 is 0 Å². The Kier molecular flexibility index (Phi) is 2.95. The first-order valence-electron chi connectivity index (χ1n) is 7.24. The molecule has 0 nitrogen and oxygen atoms in total. The maximum absolute atomic E-state index is 2.33. The molecular weight excluding hydrogens is 260 g/mol. The Hall–Kier alpha value is -1.34. The van der Waals surface area contributed by atoms with Gasteiger partial charge in [0.05, 0.1) is 0 Å². The van der Waals surface area contributed by atoms with Gasteiger partial charge >= 0.3 is 0 Å². The molecule has 0 aliphatic heterocycles. The summed E-state index contributed by atoms with van der Waals surface area (Å²) in [6.45, 7) is 15.8. The molecule has 1 heteroatoms. The number of hydrogen-bond donors (Lipinski definition) is 0. The lowest BCUT2D eigenvalue weighted by Gasteiger charge is -2.12. The maximum Gasteiger partial charge on any atom is 0.0390 e. The summed E-state index contributed by atoms with van der Waals surface area (Å²) in [6, 6.07) is 2.33. The Balaban J connectivity index is 2.72. The van der Waals surface area contributed by atoms with Gasteiger partial charge in [-0.25, -0.2) is 0 Å². The molecule has 0 amide bonds. The monoisotopic (exact) mass is 282 g/mol. The number of thiophene rings is 1. The Morgan fingerprint density at radius 1 is 0.550 bits per heavy atom. The van der Waals surface area contributed by atoms with Crippen molar-refractivity contribution in [1.29, 1.82) is 0 Å². The second kappa shape index (κ2) is 4.33. The van der Waals surface area contributed by atoms with Crippen LogP contribution in [0.1, 0.15) is 38.9 Å². The highest BCUT2D eigenvalue weighted by atomic mass is 32.1. The van der Waals surface area contributed by atoms with Crippen molar-refractivity contribution in [1.82, 2.24) is 0 Å². The van der Waals surface area contributed by atoms with Gasteiger partial charge in [-0.05, 0) is 87.4 Å². The number of benzene rings is 2. The Morgan fingerprint density at radius 2 is 1.10 bits per heavy atom. The molecule has 104 valence electrons. The minimum atomic E-state index is 1.41. The van der Waals surface area contributed by atoms with E-state index in [1.54, 1.807) is 0 Å². The van der Waals surface area contributed by atoms with Gasteiger partial charge < -0.3 is 0 Å². The van der Waals surface area contributed by atoms with Crippen molar-refractivity contribution in [3.8, 4) is 0 Å². The van der Waals surface area contributed by atoms with Gasteiger partial charge in [-0.3, -0.25) is 0 Å². The van der Waals surface area contributed by atoms with Gasteiger partial charge in [-0.15, -0.1) is 11.3 Å². The van der Waals surface area contributed by atoms with Crippen LogP contribution in [0.5, 0.6) is 0 Å². The highest BCUT2D eigenvalue weighted by Gasteiger charge is 2.17. The SMILES string of the molecule is Cc1cc(C)c2sc3c(C)c(C)c(C)c(C)c3c2c1C. The minimum Gasteiger partial charge on any atom is -0.135 e. The summed E-state index contributed by atoms with van der Waals surface area (Å²) < 4.78 is 2.96. The molecule has 20 heavy (non-hydrogen) atoms. The van der Waals surface area contributed by atoms with Crippen molar-refractivity contribution in [3.05, 3.63) is 45.0 Å². The van der Waals surface area contributed by atoms with E-state index >= 15 is 0 Å². The van der Waals surface area contributed by atoms with E-state index in [2.05, 4.69) is 54.5 Å². The molecule has 0 aliphatic rings. The van der Waals surface area contributed by atoms with Crippen LogP contribution in [-0.4, -0.2) is 0 Å². The van der Waals surface area contributed by atoms with E-state index in [0.717, 1.165) is 0 Å². The van der Waals surface area contributed by atoms with Crippen LogP contribution in [0.3, 0.4) is 0 Å². The molecule has 0 aliphatic carbocycles. The fourth-order valence-corrected chi connectivity index (χ4v) is 4.75. The fraction of sp³-hybridized carbons (Fsp3) is 0.368. The second-order valence-electron chi connectivity index (χ2n) is 6.15. The highest BCUT2D eigenvalue weighted by Crippen LogP contribution is 2.43. The lowest BCUT2D eigenvalue weighted by Crippen LogP contribution is -1.92. The van der Waals surface area contributed by atoms with Gasteiger partial charge in [0.2, 0.25) is 0 Å². The van der Waals surface area contributed by atoms with Crippen molar-refractivity contribution in [2.75, 3.05) is 0 Å². The normalized spacial score (nSPS) is 11.8. The summed E-state index contributed by atoms with van der Waals surface area (Å²) in [5.41, 5.74) is 10.1. The molecule has 0 saturated carbocycles. The van der Waals surface area contributed by atoms with Crippen molar-refractivity contribution in [3.63, 3.8) is 0 Å². The first-order chi connectivity index (χ1) is 9.34. The zero-order valence-electron chi connectivity index (χ0n) is 13.5. The quantitative estimate of drug-likeness (QED) is 0.459. The average molecular weight is 282 g/mol. The van der Waals surface area contributed by atoms with Crippen molar-refractivity contribution in [2.45, 2.75) is 48.5 Å². The maximum atomic E-state index is 2.33. The number of rotatable bonds is 0. The standard InChI is InChI=1S/C19H22S/c1-9-8-10(2)18-16(11(9)3)17-14(6)12(4)13(5)15(7)19(17)20-18/h8H,1-7H3. The largest absolute Gasteiger partial charge is 0.135 e. The summed E-state index contributed by atoms with van der Waals surface area (Å²) in [5.74, 6) is 0. The third-order valence-electron chi connectivity index (χ3n) is 5.07. The lowest BCUT2D eigenvalue weighted by atomic mass is 9.92. The fourth-order valence-electron chi connectivity index (χ4n) is 3.30. The van der Waals surface area contributed by atoms with Gasteiger partial charge in [0, 0.05) is 20.2 Å². The molecule has 0 atom stereocenters. The van der Waals surface area contributed by atoms with Gasteiger partial charge in [-0.2, -0.15) is 0 Å². The molecule has 0 N–H and O–H groups in total. The Labute approximate surface area is 125 Å². The molecule has 0 unspecified atom stereocenters. The molecule has 0 spiro atoms. The van der Waals surface area contributed by atoms with Crippen LogP contribution in [-0.2, 0) is 0 Å². The van der Waals surface area contributed by atoms with Crippen molar-refractivity contribution >= 4 is 31.5 Å². The summed E-state index contributed by atoms with van der Waals surface area (Å²) in [7, 11) is 0. The zero-order chi connectivity index (χ0) is 14.8. The van der Waals surface area contributed by atoms with E-state index in [9.17, 15) is 0 Å². The zero-order valence-corrected chi connectivity index (χ0v) is 14.3. The van der Waals surface area contributed by atoms with Crippen LogP contribution in [0.4, 0.5) is 0 Å². The highest BCUT2D eigenvalue weighted by molar-refractivity contribution is 7.26. The van der Waals surface area contributed by atoms with E-state index in [4.69, 9.17) is 0 Å². The Morgan fingerprint density at radius 3 is 1.75 bits per heavy atom. The van der Waals surface area contributed by atoms with Gasteiger partial charge in [0.25, 0.3) is 0 Å². The summed E-state index contributed by atoms with van der Waals surface area (Å²) in [5, 5.41) is 2.99. The molecule has 0 radical (unpaired) electrons. The van der Waals surface area contributed by atoms with Gasteiger partial charge in [0.15, 0.2) is 0 Å². The number of fused-ring (bicyclic) bond motifs is 3. The smallest absolute Gasteiger partial charge is 0.0390 e. The summed E-state index contributed by atoms with van der Waals surface area (Å²) in [4.78, 5) is 0. The molecule has 0 bridgehead atoms. The van der Waals surface area contributed by atoms with E-state index in [1.165, 1.54) is 59.1 Å². The molecule has 0 saturated heterocycles. The first kappa shape index (κ1) is 13.6. The predicted octanol–water partition coefficient (Wildman–Crippen LogP) is 6.21. The second-order valence-corrected chi connectivity index (χ2v) is 7.17. The summed E-state index contributed by atoms with van der Waals surface area (Å²) in [6.07, 6.45) is 0. The van der Waals surface area contributed by atoms with Gasteiger partial charge in [0.1, 0.15) is 0 Å². The number of hydrogen-bond acceptors (Lipinski definition) is 1. The van der Waals surface area contributed by atoms with Crippen LogP contribution in [0.2, 0.25) is 0 Å². The van der Waals surface area contributed by atoms with Crippen molar-refractivity contribution < 1.29 is 0 Å². The third-order valence-corrected chi connectivity index (χ3v) is 6.51. The molecule has 1 aromatic heterocycles. The van der Waals surface area contributed by atoms with E-state index in [1.807, 2.05) is 11.3 Å². The van der Waals surface area contributed by atoms with Crippen molar-refractivity contribution in [2.24, 2.45) is 0 Å². The Bertz CT molecular complexity index is 863. The average Bonchev–Trinajstić information content (AvgIpc) is 2.81. The van der Waals surface area contributed by atoms with E-state index in [-0.39, 0.29) is 0 Å². The number of aryl methyl sites for hydroxylation is 5. The predicted molar refractivity (Wildman–Crippen MR) is 92.5 cm³/mol. The minimum absolute atomic E-state index is 1.41. The molecule has 1 heterocycles. The third kappa shape index (κ3) is 1.59. The topological polar surface area (TPSA) is 0 Å². The molecule has 3 aromatic rings. The molecule has 0 fully saturated rings. The molecule has 2 aromatic carbocycles. The van der Waals surface area contributed by atoms with Crippen LogP contribution in [0, 0.1) is 48.5 Å². The van der Waals surface area contributed by atoms with Crippen LogP contribution in [0.15, 0.2) is 6.07 Å². The van der Waals surface area contributed by atoms with Gasteiger partial charge in [-0.1, -0.05) is 6.07 Å². The summed E-state index contributed by atoms with van der Waals surface area (Å²) >= 11 is 1.97. The first-order valence-corrected chi connectivity index (χ1v) is 8.05.